The summed E-state index contributed by atoms with van der Waals surface area (Å²) in [7, 11) is 0. The maximum atomic E-state index is 13.9. The average molecular weight is 613 g/mol. The molecule has 9 heteroatoms. The number of aromatic hydroxyl groups is 1. The number of hydrogen-bond acceptors (Lipinski definition) is 8. The molecule has 0 amide bonds. The molecule has 0 bridgehead atoms. The number of ether oxygens (including phenoxy) is 2. The molecule has 1 aromatic carbocycles. The number of carboxylic acid groups (broad SMARTS) is 1. The van der Waals surface area contributed by atoms with Crippen LogP contribution in [0, 0.1) is 30.6 Å². The molecule has 0 spiro atoms. The van der Waals surface area contributed by atoms with E-state index >= 15 is 0 Å². The normalized spacial score (nSPS) is 32.0. The maximum Gasteiger partial charge on any atom is 1.00 e. The van der Waals surface area contributed by atoms with E-state index in [0.29, 0.717) is 49.7 Å². The first-order chi connectivity index (χ1) is 19.7. The molecule has 43 heavy (non-hydrogen) atoms. The summed E-state index contributed by atoms with van der Waals surface area (Å²) in [5.74, 6) is -2.92. The van der Waals surface area contributed by atoms with Gasteiger partial charge in [-0.2, -0.15) is 0 Å². The van der Waals surface area contributed by atoms with Crippen LogP contribution in [0.2, 0.25) is 0 Å². The van der Waals surface area contributed by atoms with Crippen LogP contribution >= 0.6 is 0 Å². The Bertz CT molecular complexity index is 1110. The smallest absolute Gasteiger partial charge is 0.545 e. The largest absolute Gasteiger partial charge is 1.00 e. The molecule has 0 unspecified atom stereocenters. The van der Waals surface area contributed by atoms with Crippen molar-refractivity contribution in [3.63, 3.8) is 0 Å². The van der Waals surface area contributed by atoms with Crippen LogP contribution in [0.25, 0.3) is 0 Å². The minimum atomic E-state index is -1.43. The monoisotopic (exact) mass is 612 g/mol. The number of ketones is 1. The van der Waals surface area contributed by atoms with Gasteiger partial charge in [-0.25, -0.2) is 0 Å². The molecule has 8 nitrogen and oxygen atoms in total. The Morgan fingerprint density at radius 3 is 2.33 bits per heavy atom. The van der Waals surface area contributed by atoms with Gasteiger partial charge >= 0.3 is 29.6 Å². The number of aliphatic hydroxyl groups is 2. The van der Waals surface area contributed by atoms with Crippen LogP contribution in [-0.4, -0.2) is 62.7 Å². The molecule has 2 fully saturated rings. The number of phenols is 1. The number of carbonyl (C=O) groups is 2. The van der Waals surface area contributed by atoms with Crippen molar-refractivity contribution >= 4 is 11.8 Å². The molecule has 10 atom stereocenters. The van der Waals surface area contributed by atoms with Gasteiger partial charge in [0.25, 0.3) is 0 Å². The summed E-state index contributed by atoms with van der Waals surface area (Å²) < 4.78 is 13.2. The third-order valence-electron chi connectivity index (χ3n) is 10.6. The molecule has 238 valence electrons. The zero-order chi connectivity index (χ0) is 31.6. The van der Waals surface area contributed by atoms with Crippen molar-refractivity contribution in [1.29, 1.82) is 0 Å². The first kappa shape index (κ1) is 38.2. The van der Waals surface area contributed by atoms with E-state index in [-0.39, 0.29) is 82.7 Å². The summed E-state index contributed by atoms with van der Waals surface area (Å²) >= 11 is 0. The molecule has 0 radical (unpaired) electrons. The van der Waals surface area contributed by atoms with Crippen LogP contribution in [-0.2, 0) is 20.7 Å². The molecule has 3 N–H and O–H groups in total. The second kappa shape index (κ2) is 15.5. The summed E-state index contributed by atoms with van der Waals surface area (Å²) in [5.41, 5.74) is -0.659. The van der Waals surface area contributed by atoms with Crippen LogP contribution in [0.4, 0.5) is 0 Å². The number of benzene rings is 1. The number of Topliss-reactive ketones (excluding diaryl/α,β-unsaturated/α-hetero) is 1. The van der Waals surface area contributed by atoms with Crippen molar-refractivity contribution in [3.8, 4) is 5.75 Å². The Hall–Kier alpha value is -1.00. The van der Waals surface area contributed by atoms with E-state index < -0.39 is 29.2 Å². The van der Waals surface area contributed by atoms with Gasteiger partial charge in [0, 0.05) is 17.4 Å². The van der Waals surface area contributed by atoms with Gasteiger partial charge in [0.05, 0.1) is 41.6 Å². The van der Waals surface area contributed by atoms with E-state index in [4.69, 9.17) is 9.47 Å². The Morgan fingerprint density at radius 1 is 1.14 bits per heavy atom. The van der Waals surface area contributed by atoms with Gasteiger partial charge in [-0.15, -0.1) is 0 Å². The van der Waals surface area contributed by atoms with Gasteiger partial charge in [-0.3, -0.25) is 4.79 Å². The average Bonchev–Trinajstić information content (AvgIpc) is 3.31. The van der Waals surface area contributed by atoms with E-state index in [1.165, 1.54) is 0 Å². The first-order valence-corrected chi connectivity index (χ1v) is 16.0. The number of aliphatic hydroxyl groups excluding tert-OH is 1. The Balaban J connectivity index is 0.00000645. The fourth-order valence-electron chi connectivity index (χ4n) is 7.44. The molecule has 1 aromatic rings. The zero-order valence-corrected chi connectivity index (χ0v) is 29.8. The molecule has 2 aliphatic rings. The summed E-state index contributed by atoms with van der Waals surface area (Å²) in [6.07, 6.45) is 3.21. The minimum absolute atomic E-state index is 0. The van der Waals surface area contributed by atoms with Gasteiger partial charge in [-0.1, -0.05) is 53.7 Å². The molecule has 0 aromatic heterocycles. The van der Waals surface area contributed by atoms with Gasteiger partial charge in [0.15, 0.2) is 0 Å². The van der Waals surface area contributed by atoms with Crippen LogP contribution < -0.4 is 34.7 Å². The summed E-state index contributed by atoms with van der Waals surface area (Å²) in [6, 6.07) is 3.33. The van der Waals surface area contributed by atoms with Crippen molar-refractivity contribution in [3.05, 3.63) is 28.8 Å². The number of rotatable bonds is 13. The topological polar surface area (TPSA) is 136 Å². The quantitative estimate of drug-likeness (QED) is 0.285. The summed E-state index contributed by atoms with van der Waals surface area (Å²) in [4.78, 5) is 25.5. The van der Waals surface area contributed by atoms with Crippen LogP contribution in [0.5, 0.6) is 5.75 Å². The fourth-order valence-corrected chi connectivity index (χ4v) is 7.44. The van der Waals surface area contributed by atoms with E-state index in [0.717, 1.165) is 12.8 Å². The fraction of sp³-hybridized carbons (Fsp3) is 0.765. The van der Waals surface area contributed by atoms with Crippen molar-refractivity contribution in [2.75, 3.05) is 0 Å². The Morgan fingerprint density at radius 2 is 1.79 bits per heavy atom. The minimum Gasteiger partial charge on any atom is -0.545 e. The predicted molar refractivity (Wildman–Crippen MR) is 159 cm³/mol. The van der Waals surface area contributed by atoms with E-state index in [1.54, 1.807) is 26.0 Å². The molecule has 2 saturated heterocycles. The number of aromatic carboxylic acids is 1. The van der Waals surface area contributed by atoms with E-state index in [2.05, 4.69) is 13.8 Å². The number of hydrogen-bond donors (Lipinski definition) is 3. The van der Waals surface area contributed by atoms with Crippen molar-refractivity contribution < 1.29 is 69.0 Å². The third kappa shape index (κ3) is 7.87. The zero-order valence-electron chi connectivity index (χ0n) is 27.8. The Kier molecular flexibility index (Phi) is 13.8. The summed E-state index contributed by atoms with van der Waals surface area (Å²) in [5, 5.41) is 44.1. The standard InChI is InChI=1S/C34H54O8.Na/c1-9-25(31-21(6)18-34(11-3,42-31)26-16-17-33(40,10-2)23(8)41-26)30(37)22(7)28(35)19(4)12-14-24-15-13-20(5)29(36)27(24)32(38)39;/h13,15,19,21-23,25-26,28,31,35-36,40H,9-12,14,16-18H2,1-8H3,(H,38,39);/q;+1/p-1/t19-,21+,22+,23+,25+,26-,28-,31+,33+,34+;/m0./s1. The van der Waals surface area contributed by atoms with E-state index in [9.17, 15) is 30.0 Å². The van der Waals surface area contributed by atoms with E-state index in [1.807, 2.05) is 27.7 Å². The van der Waals surface area contributed by atoms with Crippen LogP contribution in [0.15, 0.2) is 12.1 Å². The van der Waals surface area contributed by atoms with Gasteiger partial charge in [-0.05, 0) is 88.2 Å². The van der Waals surface area contributed by atoms with Crippen molar-refractivity contribution in [2.24, 2.45) is 23.7 Å². The van der Waals surface area contributed by atoms with Crippen molar-refractivity contribution in [1.82, 2.24) is 0 Å². The number of carboxylic acids is 1. The molecule has 0 aliphatic carbocycles. The third-order valence-corrected chi connectivity index (χ3v) is 10.6. The molecule has 3 rings (SSSR count). The second-order valence-electron chi connectivity index (χ2n) is 13.2. The maximum absolute atomic E-state index is 13.9. The molecule has 2 heterocycles. The van der Waals surface area contributed by atoms with Crippen LogP contribution in [0.3, 0.4) is 0 Å². The number of aryl methyl sites for hydroxylation is 2. The molecule has 0 saturated carbocycles. The Labute approximate surface area is 280 Å². The predicted octanol–water partition coefficient (Wildman–Crippen LogP) is 1.51. The van der Waals surface area contributed by atoms with Gasteiger partial charge in [0.2, 0.25) is 0 Å². The second-order valence-corrected chi connectivity index (χ2v) is 13.2. The van der Waals surface area contributed by atoms with Gasteiger partial charge in [0.1, 0.15) is 11.5 Å². The molecular weight excluding hydrogens is 559 g/mol. The molecule has 2 aliphatic heterocycles. The first-order valence-electron chi connectivity index (χ1n) is 16.0. The number of carbonyl (C=O) groups excluding carboxylic acids is 2. The van der Waals surface area contributed by atoms with Gasteiger partial charge < -0.3 is 34.7 Å². The SMILES string of the molecule is CC[C@H](C(=O)[C@H](C)[C@@H](O)[C@@H](C)CCc1ccc(C)c(O)c1C(=O)[O-])[C@@H]1O[C@@](CC)([C@@H]2CC[C@](O)(CC)[C@@H](C)O2)C[C@H]1C.[Na+]. The van der Waals surface area contributed by atoms with Crippen molar-refractivity contribution in [2.45, 2.75) is 142 Å². The summed E-state index contributed by atoms with van der Waals surface area (Å²) in [6.45, 7) is 15.4. The molecular formula is C34H53NaO8. The van der Waals surface area contributed by atoms with Crippen LogP contribution in [0.1, 0.15) is 115 Å².